The van der Waals surface area contributed by atoms with E-state index in [9.17, 15) is 32.7 Å². The van der Waals surface area contributed by atoms with Gasteiger partial charge in [-0.1, -0.05) is 62.4 Å². The van der Waals surface area contributed by atoms with Crippen molar-refractivity contribution in [1.29, 1.82) is 0 Å². The summed E-state index contributed by atoms with van der Waals surface area (Å²) < 4.78 is 46.8. The fourth-order valence-electron chi connectivity index (χ4n) is 4.09. The lowest BCUT2D eigenvalue weighted by Crippen LogP contribution is -2.67. The lowest BCUT2D eigenvalue weighted by Gasteiger charge is -2.32. The Balaban J connectivity index is 1.75. The number of rotatable bonds is 8. The Kier molecular flexibility index (Phi) is 7.42. The first-order valence-corrected chi connectivity index (χ1v) is 11.1. The fourth-order valence-corrected chi connectivity index (χ4v) is 4.09. The molecule has 0 fully saturated rings. The fraction of sp³-hybridized carbons (Fsp3) is 0.400. The SMILES string of the molecule is CC(C)C[C@@H](NC(=O)C(C)(NC(=O)OCC1c2ccccc2-c2ccccc21)C(F)(F)F)C(=O)O. The van der Waals surface area contributed by atoms with Gasteiger partial charge in [0.25, 0.3) is 5.91 Å². The number of carbonyl (C=O) groups excluding carboxylic acids is 2. The molecule has 0 saturated carbocycles. The molecule has 2 atom stereocenters. The van der Waals surface area contributed by atoms with Crippen molar-refractivity contribution < 1.29 is 37.4 Å². The molecule has 0 spiro atoms. The molecule has 2 amide bonds. The minimum Gasteiger partial charge on any atom is -0.480 e. The van der Waals surface area contributed by atoms with Gasteiger partial charge in [-0.05, 0) is 41.5 Å². The number of halogens is 3. The van der Waals surface area contributed by atoms with E-state index in [2.05, 4.69) is 0 Å². The van der Waals surface area contributed by atoms with E-state index in [1.54, 1.807) is 19.2 Å². The summed E-state index contributed by atoms with van der Waals surface area (Å²) in [5, 5.41) is 12.8. The number of carboxylic acid groups (broad SMARTS) is 1. The maximum atomic E-state index is 13.9. The molecule has 3 rings (SSSR count). The molecule has 3 N–H and O–H groups in total. The van der Waals surface area contributed by atoms with E-state index in [1.165, 1.54) is 0 Å². The number of carboxylic acids is 1. The summed E-state index contributed by atoms with van der Waals surface area (Å²) in [7, 11) is 0. The Morgan fingerprint density at radius 1 is 1.00 bits per heavy atom. The third-order valence-corrected chi connectivity index (χ3v) is 6.03. The molecule has 1 aliphatic carbocycles. The molecule has 2 aromatic carbocycles. The first-order valence-electron chi connectivity index (χ1n) is 11.1. The van der Waals surface area contributed by atoms with E-state index in [0.29, 0.717) is 6.92 Å². The van der Waals surface area contributed by atoms with Gasteiger partial charge in [0.05, 0.1) is 0 Å². The van der Waals surface area contributed by atoms with Crippen LogP contribution in [0.4, 0.5) is 18.0 Å². The van der Waals surface area contributed by atoms with Gasteiger partial charge in [-0.3, -0.25) is 10.1 Å². The van der Waals surface area contributed by atoms with Crippen molar-refractivity contribution in [2.75, 3.05) is 6.61 Å². The van der Waals surface area contributed by atoms with Crippen molar-refractivity contribution in [2.45, 2.75) is 50.9 Å². The largest absolute Gasteiger partial charge is 0.480 e. The van der Waals surface area contributed by atoms with Crippen molar-refractivity contribution in [3.8, 4) is 11.1 Å². The second kappa shape index (κ2) is 9.97. The molecule has 7 nitrogen and oxygen atoms in total. The van der Waals surface area contributed by atoms with E-state index in [4.69, 9.17) is 4.74 Å². The summed E-state index contributed by atoms with van der Waals surface area (Å²) in [6.07, 6.45) is -6.75. The number of aliphatic carboxylic acids is 1. The van der Waals surface area contributed by atoms with Crippen LogP contribution in [-0.4, -0.2) is 47.4 Å². The molecule has 0 bridgehead atoms. The second-order valence-electron chi connectivity index (χ2n) is 9.07. The Morgan fingerprint density at radius 2 is 1.51 bits per heavy atom. The number of hydrogen-bond acceptors (Lipinski definition) is 4. The first-order chi connectivity index (χ1) is 16.3. The Morgan fingerprint density at radius 3 is 1.97 bits per heavy atom. The molecule has 1 aliphatic rings. The lowest BCUT2D eigenvalue weighted by molar-refractivity contribution is -0.195. The molecule has 0 heterocycles. The van der Waals surface area contributed by atoms with Gasteiger partial charge in [0, 0.05) is 5.92 Å². The highest BCUT2D eigenvalue weighted by Crippen LogP contribution is 2.44. The molecule has 188 valence electrons. The summed E-state index contributed by atoms with van der Waals surface area (Å²) in [4.78, 5) is 36.4. The zero-order valence-corrected chi connectivity index (χ0v) is 19.5. The topological polar surface area (TPSA) is 105 Å². The molecular weight excluding hydrogens is 465 g/mol. The summed E-state index contributed by atoms with van der Waals surface area (Å²) in [5.41, 5.74) is 0.231. The second-order valence-corrected chi connectivity index (χ2v) is 9.07. The van der Waals surface area contributed by atoms with Crippen LogP contribution < -0.4 is 10.6 Å². The molecule has 0 saturated heterocycles. The van der Waals surface area contributed by atoms with Crippen molar-refractivity contribution in [3.05, 3.63) is 59.7 Å². The Labute approximate surface area is 200 Å². The van der Waals surface area contributed by atoms with E-state index in [-0.39, 0.29) is 24.9 Å². The molecule has 1 unspecified atom stereocenters. The molecule has 10 heteroatoms. The molecule has 2 aromatic rings. The number of nitrogens with one attached hydrogen (secondary N) is 2. The number of fused-ring (bicyclic) bond motifs is 3. The minimum atomic E-state index is -5.22. The highest BCUT2D eigenvalue weighted by atomic mass is 19.4. The van der Waals surface area contributed by atoms with Crippen molar-refractivity contribution >= 4 is 18.0 Å². The highest BCUT2D eigenvalue weighted by Gasteiger charge is 2.59. The third-order valence-electron chi connectivity index (χ3n) is 6.03. The Bertz CT molecular complexity index is 1070. The van der Waals surface area contributed by atoms with Crippen LogP contribution in [0.2, 0.25) is 0 Å². The lowest BCUT2D eigenvalue weighted by atomic mass is 9.97. The smallest absolute Gasteiger partial charge is 0.420 e. The number of alkyl halides is 3. The quantitative estimate of drug-likeness (QED) is 0.505. The number of amides is 2. The minimum absolute atomic E-state index is 0.0834. The monoisotopic (exact) mass is 492 g/mol. The van der Waals surface area contributed by atoms with Gasteiger partial charge in [0.1, 0.15) is 12.6 Å². The first kappa shape index (κ1) is 26.1. The van der Waals surface area contributed by atoms with Gasteiger partial charge in [-0.2, -0.15) is 13.2 Å². The third kappa shape index (κ3) is 5.41. The average molecular weight is 492 g/mol. The zero-order valence-electron chi connectivity index (χ0n) is 19.5. The van der Waals surface area contributed by atoms with Gasteiger partial charge < -0.3 is 15.2 Å². The number of carbonyl (C=O) groups is 3. The van der Waals surface area contributed by atoms with Gasteiger partial charge in [0.15, 0.2) is 0 Å². The maximum absolute atomic E-state index is 13.9. The molecule has 35 heavy (non-hydrogen) atoms. The predicted molar refractivity (Wildman–Crippen MR) is 122 cm³/mol. The van der Waals surface area contributed by atoms with Crippen molar-refractivity contribution in [3.63, 3.8) is 0 Å². The van der Waals surface area contributed by atoms with Crippen LogP contribution in [0.3, 0.4) is 0 Å². The zero-order chi connectivity index (χ0) is 26.0. The summed E-state index contributed by atoms with van der Waals surface area (Å²) in [6, 6.07) is 13.4. The van der Waals surface area contributed by atoms with E-state index in [1.807, 2.05) is 53.8 Å². The summed E-state index contributed by atoms with van der Waals surface area (Å²) >= 11 is 0. The van der Waals surface area contributed by atoms with Crippen molar-refractivity contribution in [1.82, 2.24) is 10.6 Å². The highest BCUT2D eigenvalue weighted by molar-refractivity contribution is 5.93. The molecule has 0 aromatic heterocycles. The van der Waals surface area contributed by atoms with Gasteiger partial charge in [-0.15, -0.1) is 0 Å². The van der Waals surface area contributed by atoms with Crippen molar-refractivity contribution in [2.24, 2.45) is 5.92 Å². The van der Waals surface area contributed by atoms with Gasteiger partial charge in [-0.25, -0.2) is 9.59 Å². The number of ether oxygens (including phenoxy) is 1. The van der Waals surface area contributed by atoms with Crippen LogP contribution in [0.25, 0.3) is 11.1 Å². The van der Waals surface area contributed by atoms with Crippen LogP contribution in [0.1, 0.15) is 44.2 Å². The van der Waals surface area contributed by atoms with Gasteiger partial charge >= 0.3 is 18.2 Å². The Hall–Kier alpha value is -3.56. The predicted octanol–water partition coefficient (Wildman–Crippen LogP) is 4.46. The molecule has 0 radical (unpaired) electrons. The average Bonchev–Trinajstić information content (AvgIpc) is 3.09. The maximum Gasteiger partial charge on any atom is 0.420 e. The van der Waals surface area contributed by atoms with Crippen LogP contribution in [0, 0.1) is 5.92 Å². The number of hydrogen-bond donors (Lipinski definition) is 3. The normalized spacial score (nSPS) is 15.5. The van der Waals surface area contributed by atoms with E-state index < -0.39 is 35.7 Å². The van der Waals surface area contributed by atoms with Crippen LogP contribution in [0.5, 0.6) is 0 Å². The van der Waals surface area contributed by atoms with Crippen LogP contribution in [0.15, 0.2) is 48.5 Å². The summed E-state index contributed by atoms with van der Waals surface area (Å²) in [6.45, 7) is 3.55. The molecule has 0 aliphatic heterocycles. The summed E-state index contributed by atoms with van der Waals surface area (Å²) in [5.74, 6) is -3.76. The van der Waals surface area contributed by atoms with Gasteiger partial charge in [0.2, 0.25) is 5.54 Å². The molecular formula is C25H27F3N2O5. The van der Waals surface area contributed by atoms with E-state index in [0.717, 1.165) is 22.3 Å². The number of alkyl carbamates (subject to hydrolysis) is 1. The number of benzene rings is 2. The van der Waals surface area contributed by atoms with E-state index >= 15 is 0 Å². The van der Waals surface area contributed by atoms with Crippen LogP contribution in [-0.2, 0) is 14.3 Å². The van der Waals surface area contributed by atoms with Crippen LogP contribution >= 0.6 is 0 Å². The standard InChI is InChI=1S/C25H27F3N2O5/c1-14(2)12-20(21(31)32)29-22(33)24(3,25(26,27)28)30-23(34)35-13-19-17-10-6-4-8-15(17)16-9-5-7-11-18(16)19/h4-11,14,19-20H,12-13H2,1-3H3,(H,29,33)(H,30,34)(H,31,32)/t20-,24?/m1/s1.